The summed E-state index contributed by atoms with van der Waals surface area (Å²) in [7, 11) is 0. The van der Waals surface area contributed by atoms with Crippen LogP contribution in [0.5, 0.6) is 0 Å². The highest BCUT2D eigenvalue weighted by Crippen LogP contribution is 2.18. The zero-order valence-electron chi connectivity index (χ0n) is 11.5. The number of hydrogen-bond acceptors (Lipinski definition) is 6. The molecule has 4 N–H and O–H groups in total. The van der Waals surface area contributed by atoms with Gasteiger partial charge in [-0.3, -0.25) is 0 Å². The van der Waals surface area contributed by atoms with Crippen LogP contribution in [0.2, 0.25) is 0 Å². The van der Waals surface area contributed by atoms with Crippen LogP contribution in [0.15, 0.2) is 6.07 Å². The molecule has 1 heterocycles. The molecule has 0 aliphatic carbocycles. The van der Waals surface area contributed by atoms with E-state index in [2.05, 4.69) is 47.7 Å². The largest absolute Gasteiger partial charge is 0.366 e. The van der Waals surface area contributed by atoms with Gasteiger partial charge in [-0.05, 0) is 12.7 Å². The Balaban J connectivity index is 2.89. The van der Waals surface area contributed by atoms with Gasteiger partial charge in [-0.15, -0.1) is 0 Å². The van der Waals surface area contributed by atoms with Gasteiger partial charge in [0.15, 0.2) is 0 Å². The maximum atomic E-state index is 5.44. The van der Waals surface area contributed by atoms with E-state index in [1.54, 1.807) is 0 Å². The second-order valence-electron chi connectivity index (χ2n) is 4.50. The Morgan fingerprint density at radius 2 is 2.00 bits per heavy atom. The molecule has 0 saturated heterocycles. The SMILES string of the molecule is CCC(CSC)Nc1cc(NN)nc(C(C)C)n1. The highest BCUT2D eigenvalue weighted by Gasteiger charge is 2.10. The smallest absolute Gasteiger partial charge is 0.145 e. The van der Waals surface area contributed by atoms with Gasteiger partial charge in [-0.1, -0.05) is 20.8 Å². The van der Waals surface area contributed by atoms with Crippen molar-refractivity contribution in [3.05, 3.63) is 11.9 Å². The molecule has 0 aliphatic heterocycles. The van der Waals surface area contributed by atoms with Gasteiger partial charge in [0.05, 0.1) is 0 Å². The van der Waals surface area contributed by atoms with E-state index in [1.807, 2.05) is 17.8 Å². The lowest BCUT2D eigenvalue weighted by Gasteiger charge is -2.18. The number of nitrogens with zero attached hydrogens (tertiary/aromatic N) is 2. The Hall–Kier alpha value is -1.01. The second kappa shape index (κ2) is 7.43. The summed E-state index contributed by atoms with van der Waals surface area (Å²) >= 11 is 1.83. The maximum Gasteiger partial charge on any atom is 0.145 e. The van der Waals surface area contributed by atoms with E-state index in [0.29, 0.717) is 11.9 Å². The van der Waals surface area contributed by atoms with Crippen LogP contribution in [0, 0.1) is 0 Å². The van der Waals surface area contributed by atoms with Crippen molar-refractivity contribution < 1.29 is 0 Å². The van der Waals surface area contributed by atoms with Crippen molar-refractivity contribution >= 4 is 23.4 Å². The van der Waals surface area contributed by atoms with Crippen molar-refractivity contribution in [2.24, 2.45) is 5.84 Å². The van der Waals surface area contributed by atoms with Crippen LogP contribution >= 0.6 is 11.8 Å². The van der Waals surface area contributed by atoms with E-state index in [4.69, 9.17) is 5.84 Å². The average molecular weight is 269 g/mol. The molecule has 18 heavy (non-hydrogen) atoms. The van der Waals surface area contributed by atoms with Crippen molar-refractivity contribution in [2.75, 3.05) is 22.8 Å². The number of hydrogen-bond donors (Lipinski definition) is 3. The monoisotopic (exact) mass is 269 g/mol. The summed E-state index contributed by atoms with van der Waals surface area (Å²) in [6.45, 7) is 6.30. The van der Waals surface area contributed by atoms with Crippen LogP contribution in [0.3, 0.4) is 0 Å². The fraction of sp³-hybridized carbons (Fsp3) is 0.667. The number of anilines is 2. The highest BCUT2D eigenvalue weighted by molar-refractivity contribution is 7.98. The molecule has 6 heteroatoms. The standard InChI is InChI=1S/C12H23N5S/c1-5-9(7-18-4)14-10-6-11(17-13)16-12(15-10)8(2)3/h6,8-9H,5,7,13H2,1-4H3,(H2,14,15,16,17). The molecule has 0 aliphatic rings. The van der Waals surface area contributed by atoms with E-state index in [-0.39, 0.29) is 5.92 Å². The lowest BCUT2D eigenvalue weighted by Crippen LogP contribution is -2.23. The molecule has 1 unspecified atom stereocenters. The molecule has 102 valence electrons. The molecule has 0 radical (unpaired) electrons. The van der Waals surface area contributed by atoms with Crippen molar-refractivity contribution in [1.82, 2.24) is 9.97 Å². The highest BCUT2D eigenvalue weighted by atomic mass is 32.2. The Morgan fingerprint density at radius 1 is 1.33 bits per heavy atom. The molecular weight excluding hydrogens is 246 g/mol. The summed E-state index contributed by atoms with van der Waals surface area (Å²) in [6, 6.07) is 2.26. The van der Waals surface area contributed by atoms with Gasteiger partial charge in [0.2, 0.25) is 0 Å². The first-order chi connectivity index (χ1) is 8.60. The van der Waals surface area contributed by atoms with Gasteiger partial charge in [0.1, 0.15) is 17.5 Å². The van der Waals surface area contributed by atoms with Crippen LogP contribution in [0.4, 0.5) is 11.6 Å². The number of thioether (sulfide) groups is 1. The Bertz CT molecular complexity index is 369. The van der Waals surface area contributed by atoms with Gasteiger partial charge < -0.3 is 10.7 Å². The van der Waals surface area contributed by atoms with Gasteiger partial charge in [-0.2, -0.15) is 11.8 Å². The quantitative estimate of drug-likeness (QED) is 0.521. The van der Waals surface area contributed by atoms with E-state index in [0.717, 1.165) is 23.8 Å². The summed E-state index contributed by atoms with van der Waals surface area (Å²) in [5.41, 5.74) is 2.59. The minimum atomic E-state index is 0.277. The summed E-state index contributed by atoms with van der Waals surface area (Å²) < 4.78 is 0. The third kappa shape index (κ3) is 4.34. The zero-order chi connectivity index (χ0) is 13.5. The first kappa shape index (κ1) is 15.0. The third-order valence-electron chi connectivity index (χ3n) is 2.62. The molecular formula is C12H23N5S. The van der Waals surface area contributed by atoms with Crippen LogP contribution in [-0.2, 0) is 0 Å². The van der Waals surface area contributed by atoms with Gasteiger partial charge >= 0.3 is 0 Å². The maximum absolute atomic E-state index is 5.44. The predicted octanol–water partition coefficient (Wildman–Crippen LogP) is 2.44. The van der Waals surface area contributed by atoms with Crippen LogP contribution < -0.4 is 16.6 Å². The minimum Gasteiger partial charge on any atom is -0.366 e. The molecule has 0 fully saturated rings. The topological polar surface area (TPSA) is 75.9 Å². The van der Waals surface area contributed by atoms with Gasteiger partial charge in [-0.25, -0.2) is 15.8 Å². The van der Waals surface area contributed by atoms with Crippen LogP contribution in [-0.4, -0.2) is 28.0 Å². The third-order valence-corrected chi connectivity index (χ3v) is 3.36. The van der Waals surface area contributed by atoms with Crippen molar-refractivity contribution in [2.45, 2.75) is 39.2 Å². The molecule has 0 bridgehead atoms. The number of rotatable bonds is 7. The van der Waals surface area contributed by atoms with E-state index >= 15 is 0 Å². The summed E-state index contributed by atoms with van der Waals surface area (Å²) in [6.07, 6.45) is 3.17. The zero-order valence-corrected chi connectivity index (χ0v) is 12.3. The van der Waals surface area contributed by atoms with E-state index < -0.39 is 0 Å². The number of hydrazine groups is 1. The Labute approximate surface area is 113 Å². The molecule has 1 rings (SSSR count). The van der Waals surface area contributed by atoms with E-state index in [1.165, 1.54) is 0 Å². The molecule has 0 aromatic carbocycles. The molecule has 0 spiro atoms. The van der Waals surface area contributed by atoms with Crippen LogP contribution in [0.25, 0.3) is 0 Å². The molecule has 1 aromatic heterocycles. The summed E-state index contributed by atoms with van der Waals surface area (Å²) in [5.74, 6) is 9.06. The van der Waals surface area contributed by atoms with Crippen molar-refractivity contribution in [3.8, 4) is 0 Å². The van der Waals surface area contributed by atoms with E-state index in [9.17, 15) is 0 Å². The number of nitrogens with one attached hydrogen (secondary N) is 2. The lowest BCUT2D eigenvalue weighted by molar-refractivity contribution is 0.748. The van der Waals surface area contributed by atoms with Gasteiger partial charge in [0.25, 0.3) is 0 Å². The number of aromatic nitrogens is 2. The average Bonchev–Trinajstić information content (AvgIpc) is 2.37. The minimum absolute atomic E-state index is 0.277. The molecule has 0 saturated carbocycles. The van der Waals surface area contributed by atoms with Gasteiger partial charge in [0, 0.05) is 23.8 Å². The number of nitrogens with two attached hydrogens (primary N) is 1. The predicted molar refractivity (Wildman–Crippen MR) is 80.0 cm³/mol. The van der Waals surface area contributed by atoms with Crippen molar-refractivity contribution in [3.63, 3.8) is 0 Å². The second-order valence-corrected chi connectivity index (χ2v) is 5.41. The molecule has 0 amide bonds. The molecule has 1 atom stereocenters. The fourth-order valence-electron chi connectivity index (χ4n) is 1.54. The van der Waals surface area contributed by atoms with Crippen LogP contribution in [0.1, 0.15) is 38.9 Å². The number of nitrogen functional groups attached to an aromatic ring is 1. The molecule has 1 aromatic rings. The summed E-state index contributed by atoms with van der Waals surface area (Å²) in [4.78, 5) is 8.86. The fourth-order valence-corrected chi connectivity index (χ4v) is 2.27. The van der Waals surface area contributed by atoms with Crippen molar-refractivity contribution in [1.29, 1.82) is 0 Å². The first-order valence-corrected chi connectivity index (χ1v) is 7.61. The molecule has 5 nitrogen and oxygen atoms in total. The summed E-state index contributed by atoms with van der Waals surface area (Å²) in [5, 5.41) is 3.43. The Morgan fingerprint density at radius 3 is 2.50 bits per heavy atom. The lowest BCUT2D eigenvalue weighted by atomic mass is 10.2. The Kier molecular flexibility index (Phi) is 6.21. The normalized spacial score (nSPS) is 12.6. The first-order valence-electron chi connectivity index (χ1n) is 6.21.